The fourth-order valence-electron chi connectivity index (χ4n) is 1.78. The van der Waals surface area contributed by atoms with Gasteiger partial charge in [-0.05, 0) is 38.7 Å². The first-order chi connectivity index (χ1) is 8.95. The molecule has 19 heavy (non-hydrogen) atoms. The van der Waals surface area contributed by atoms with E-state index in [-0.39, 0.29) is 11.5 Å². The van der Waals surface area contributed by atoms with Crippen molar-refractivity contribution >= 4 is 11.6 Å². The zero-order chi connectivity index (χ0) is 14.4. The monoisotopic (exact) mass is 267 g/mol. The van der Waals surface area contributed by atoms with E-state index >= 15 is 0 Å². The van der Waals surface area contributed by atoms with E-state index in [4.69, 9.17) is 5.73 Å². The summed E-state index contributed by atoms with van der Waals surface area (Å²) in [7, 11) is 3.88. The molecule has 0 heterocycles. The highest BCUT2D eigenvalue weighted by molar-refractivity contribution is 5.95. The smallest absolute Gasteiger partial charge is 0.256 e. The zero-order valence-electron chi connectivity index (χ0n) is 11.8. The molecule has 0 bridgehead atoms. The van der Waals surface area contributed by atoms with Gasteiger partial charge < -0.3 is 15.5 Å². The third-order valence-electron chi connectivity index (χ3n) is 2.82. The molecule has 0 radical (unpaired) electrons. The Labute approximate surface area is 114 Å². The lowest BCUT2D eigenvalue weighted by Crippen LogP contribution is -2.37. The van der Waals surface area contributed by atoms with Crippen molar-refractivity contribution in [2.45, 2.75) is 13.3 Å². The van der Waals surface area contributed by atoms with Crippen molar-refractivity contribution in [3.63, 3.8) is 0 Å². The summed E-state index contributed by atoms with van der Waals surface area (Å²) >= 11 is 0. The van der Waals surface area contributed by atoms with E-state index in [1.807, 2.05) is 25.9 Å². The fourth-order valence-corrected chi connectivity index (χ4v) is 1.78. The van der Waals surface area contributed by atoms with E-state index in [1.54, 1.807) is 4.90 Å². The van der Waals surface area contributed by atoms with Crippen molar-refractivity contribution < 1.29 is 9.18 Å². The summed E-state index contributed by atoms with van der Waals surface area (Å²) in [5, 5.41) is 0. The summed E-state index contributed by atoms with van der Waals surface area (Å²) in [6.07, 6.45) is 0.836. The second-order valence-electron chi connectivity index (χ2n) is 4.83. The standard InChI is InChI=1S/C14H22FN3O/c1-4-7-18(9-8-17(2)3)14(19)12-10-11(16)5-6-13(12)15/h5-6,10H,4,7-9,16H2,1-3H3. The highest BCUT2D eigenvalue weighted by atomic mass is 19.1. The molecule has 0 aliphatic heterocycles. The van der Waals surface area contributed by atoms with Gasteiger partial charge in [-0.15, -0.1) is 0 Å². The van der Waals surface area contributed by atoms with Crippen LogP contribution < -0.4 is 5.73 Å². The van der Waals surface area contributed by atoms with E-state index in [1.165, 1.54) is 18.2 Å². The van der Waals surface area contributed by atoms with Gasteiger partial charge in [-0.2, -0.15) is 0 Å². The Kier molecular flexibility index (Phi) is 5.76. The molecule has 0 spiro atoms. The van der Waals surface area contributed by atoms with Crippen molar-refractivity contribution in [2.75, 3.05) is 39.5 Å². The molecular weight excluding hydrogens is 245 g/mol. The zero-order valence-corrected chi connectivity index (χ0v) is 11.8. The predicted molar refractivity (Wildman–Crippen MR) is 75.6 cm³/mol. The van der Waals surface area contributed by atoms with Crippen LogP contribution in [-0.4, -0.2) is 49.4 Å². The average Bonchev–Trinajstić information content (AvgIpc) is 2.36. The first-order valence-electron chi connectivity index (χ1n) is 6.44. The fraction of sp³-hybridized carbons (Fsp3) is 0.500. The van der Waals surface area contributed by atoms with E-state index in [0.717, 1.165) is 13.0 Å². The van der Waals surface area contributed by atoms with E-state index < -0.39 is 5.82 Å². The molecule has 0 unspecified atom stereocenters. The molecule has 0 aliphatic rings. The summed E-state index contributed by atoms with van der Waals surface area (Å²) in [5.74, 6) is -0.821. The van der Waals surface area contributed by atoms with Crippen LogP contribution in [0.3, 0.4) is 0 Å². The molecule has 1 aromatic rings. The van der Waals surface area contributed by atoms with Gasteiger partial charge in [0.15, 0.2) is 0 Å². The predicted octanol–water partition coefficient (Wildman–Crippen LogP) is 1.82. The minimum atomic E-state index is -0.523. The first-order valence-corrected chi connectivity index (χ1v) is 6.44. The molecule has 0 saturated heterocycles. The van der Waals surface area contributed by atoms with Gasteiger partial charge in [0, 0.05) is 25.3 Å². The molecule has 0 atom stereocenters. The van der Waals surface area contributed by atoms with Crippen LogP contribution in [0.1, 0.15) is 23.7 Å². The Balaban J connectivity index is 2.88. The van der Waals surface area contributed by atoms with Crippen molar-refractivity contribution in [3.8, 4) is 0 Å². The molecule has 4 nitrogen and oxygen atoms in total. The van der Waals surface area contributed by atoms with E-state index in [0.29, 0.717) is 18.8 Å². The van der Waals surface area contributed by atoms with Crippen LogP contribution in [0.5, 0.6) is 0 Å². The molecule has 5 heteroatoms. The molecule has 106 valence electrons. The van der Waals surface area contributed by atoms with Crippen molar-refractivity contribution in [1.82, 2.24) is 9.80 Å². The molecule has 0 aliphatic carbocycles. The largest absolute Gasteiger partial charge is 0.399 e. The van der Waals surface area contributed by atoms with Gasteiger partial charge in [0.1, 0.15) is 5.82 Å². The van der Waals surface area contributed by atoms with E-state index in [2.05, 4.69) is 0 Å². The number of rotatable bonds is 6. The summed E-state index contributed by atoms with van der Waals surface area (Å²) in [6.45, 7) is 3.93. The molecule has 1 rings (SSSR count). The molecule has 2 N–H and O–H groups in total. The number of nitrogens with two attached hydrogens (primary N) is 1. The lowest BCUT2D eigenvalue weighted by atomic mass is 10.1. The Hall–Kier alpha value is -1.62. The third kappa shape index (κ3) is 4.52. The number of nitrogens with zero attached hydrogens (tertiary/aromatic N) is 2. The average molecular weight is 267 g/mol. The van der Waals surface area contributed by atoms with Crippen LogP contribution in [0.4, 0.5) is 10.1 Å². The highest BCUT2D eigenvalue weighted by Crippen LogP contribution is 2.14. The Bertz CT molecular complexity index is 435. The Morgan fingerprint density at radius 2 is 1.95 bits per heavy atom. The molecule has 0 aromatic heterocycles. The van der Waals surface area contributed by atoms with Crippen molar-refractivity contribution in [1.29, 1.82) is 0 Å². The number of benzene rings is 1. The Morgan fingerprint density at radius 3 is 2.53 bits per heavy atom. The summed E-state index contributed by atoms with van der Waals surface area (Å²) in [4.78, 5) is 16.0. The number of carbonyl (C=O) groups excluding carboxylic acids is 1. The van der Waals surface area contributed by atoms with Crippen LogP contribution in [-0.2, 0) is 0 Å². The Morgan fingerprint density at radius 1 is 1.26 bits per heavy atom. The quantitative estimate of drug-likeness (QED) is 0.800. The second-order valence-corrected chi connectivity index (χ2v) is 4.83. The van der Waals surface area contributed by atoms with Gasteiger partial charge in [0.25, 0.3) is 5.91 Å². The van der Waals surface area contributed by atoms with E-state index in [9.17, 15) is 9.18 Å². The number of halogens is 1. The van der Waals surface area contributed by atoms with Crippen LogP contribution in [0, 0.1) is 5.82 Å². The lowest BCUT2D eigenvalue weighted by Gasteiger charge is -2.24. The van der Waals surface area contributed by atoms with Crippen LogP contribution in [0.2, 0.25) is 0 Å². The summed E-state index contributed by atoms with van der Waals surface area (Å²) in [6, 6.07) is 4.09. The maximum Gasteiger partial charge on any atom is 0.256 e. The third-order valence-corrected chi connectivity index (χ3v) is 2.82. The van der Waals surface area contributed by atoms with Gasteiger partial charge in [-0.1, -0.05) is 6.92 Å². The van der Waals surface area contributed by atoms with Crippen LogP contribution in [0.15, 0.2) is 18.2 Å². The number of hydrogen-bond donors (Lipinski definition) is 1. The van der Waals surface area contributed by atoms with Gasteiger partial charge in [0.05, 0.1) is 5.56 Å². The van der Waals surface area contributed by atoms with Crippen LogP contribution in [0.25, 0.3) is 0 Å². The number of hydrogen-bond acceptors (Lipinski definition) is 3. The molecule has 0 fully saturated rings. The molecular formula is C14H22FN3O. The minimum Gasteiger partial charge on any atom is -0.399 e. The van der Waals surface area contributed by atoms with Gasteiger partial charge >= 0.3 is 0 Å². The number of anilines is 1. The number of carbonyl (C=O) groups is 1. The number of nitrogen functional groups attached to an aromatic ring is 1. The van der Waals surface area contributed by atoms with Crippen molar-refractivity contribution in [3.05, 3.63) is 29.6 Å². The SMILES string of the molecule is CCCN(CCN(C)C)C(=O)c1cc(N)ccc1F. The van der Waals surface area contributed by atoms with Gasteiger partial charge in [-0.25, -0.2) is 4.39 Å². The second kappa shape index (κ2) is 7.09. The molecule has 1 amide bonds. The summed E-state index contributed by atoms with van der Waals surface area (Å²) < 4.78 is 13.7. The highest BCUT2D eigenvalue weighted by Gasteiger charge is 2.18. The lowest BCUT2D eigenvalue weighted by molar-refractivity contribution is 0.0740. The molecule has 0 saturated carbocycles. The number of amides is 1. The maximum absolute atomic E-state index is 13.7. The normalized spacial score (nSPS) is 10.8. The van der Waals surface area contributed by atoms with Crippen molar-refractivity contribution in [2.24, 2.45) is 0 Å². The topological polar surface area (TPSA) is 49.6 Å². The summed E-state index contributed by atoms with van der Waals surface area (Å²) in [5.41, 5.74) is 6.06. The number of likely N-dealkylation sites (N-methyl/N-ethyl adjacent to an activating group) is 1. The van der Waals surface area contributed by atoms with Crippen LogP contribution >= 0.6 is 0 Å². The maximum atomic E-state index is 13.7. The first kappa shape index (κ1) is 15.4. The minimum absolute atomic E-state index is 0.0483. The van der Waals surface area contributed by atoms with Gasteiger partial charge in [-0.3, -0.25) is 4.79 Å². The van der Waals surface area contributed by atoms with Gasteiger partial charge in [0.2, 0.25) is 0 Å². The molecule has 1 aromatic carbocycles.